The Hall–Kier alpha value is -3.35. The van der Waals surface area contributed by atoms with Crippen LogP contribution in [-0.4, -0.2) is 27.6 Å². The second-order valence-corrected chi connectivity index (χ2v) is 9.28. The lowest BCUT2D eigenvalue weighted by atomic mass is 9.88. The highest BCUT2D eigenvalue weighted by Gasteiger charge is 2.33. The van der Waals surface area contributed by atoms with Gasteiger partial charge in [-0.25, -0.2) is 4.68 Å². The number of rotatable bonds is 7. The van der Waals surface area contributed by atoms with Gasteiger partial charge in [0, 0.05) is 18.2 Å². The summed E-state index contributed by atoms with van der Waals surface area (Å²) >= 11 is 6.36. The van der Waals surface area contributed by atoms with Crippen molar-refractivity contribution in [3.63, 3.8) is 0 Å². The molecule has 3 atom stereocenters. The summed E-state index contributed by atoms with van der Waals surface area (Å²) in [7, 11) is 0. The van der Waals surface area contributed by atoms with Gasteiger partial charge in [0.25, 0.3) is 5.91 Å². The average Bonchev–Trinajstić information content (AvgIpc) is 3.59. The number of carbonyl (C=O) groups is 2. The average molecular weight is 482 g/mol. The molecule has 0 bridgehead atoms. The van der Waals surface area contributed by atoms with Crippen LogP contribution in [0.5, 0.6) is 0 Å². The molecule has 1 saturated carbocycles. The Kier molecular flexibility index (Phi) is 6.91. The van der Waals surface area contributed by atoms with Crippen LogP contribution in [-0.2, 0) is 11.3 Å². The largest absolute Gasteiger partial charge is 0.365 e. The normalized spacial score (nSPS) is 22.8. The molecule has 9 nitrogen and oxygen atoms in total. The minimum Gasteiger partial charge on any atom is -0.365 e. The maximum atomic E-state index is 13.4. The minimum absolute atomic E-state index is 0.0385. The van der Waals surface area contributed by atoms with Gasteiger partial charge >= 0.3 is 0 Å². The van der Waals surface area contributed by atoms with Gasteiger partial charge in [-0.2, -0.15) is 10.4 Å². The molecule has 1 aromatic rings. The van der Waals surface area contributed by atoms with Crippen LogP contribution in [0.15, 0.2) is 52.4 Å². The number of allylic oxidation sites excluding steroid dienone is 4. The van der Waals surface area contributed by atoms with Gasteiger partial charge in [-0.1, -0.05) is 17.7 Å². The summed E-state index contributed by atoms with van der Waals surface area (Å²) in [5.74, 6) is -0.669. The van der Waals surface area contributed by atoms with Crippen molar-refractivity contribution < 1.29 is 9.59 Å². The molecule has 34 heavy (non-hydrogen) atoms. The predicted molar refractivity (Wildman–Crippen MR) is 128 cm³/mol. The van der Waals surface area contributed by atoms with Gasteiger partial charge < -0.3 is 21.7 Å². The molecule has 2 aliphatic carbocycles. The van der Waals surface area contributed by atoms with Gasteiger partial charge in [0.1, 0.15) is 5.69 Å². The number of dihydropyridines is 1. The number of halogens is 1. The Morgan fingerprint density at radius 1 is 1.41 bits per heavy atom. The fourth-order valence-electron chi connectivity index (χ4n) is 4.21. The van der Waals surface area contributed by atoms with E-state index in [2.05, 4.69) is 27.1 Å². The first kappa shape index (κ1) is 23.8. The number of nitrogens with one attached hydrogen (secondary N) is 3. The molecule has 2 amide bonds. The summed E-state index contributed by atoms with van der Waals surface area (Å²) in [5, 5.41) is 23.4. The molecule has 3 aliphatic rings. The highest BCUT2D eigenvalue weighted by Crippen LogP contribution is 2.33. The SMILES string of the molecule is CC1=CC(C#N)CC(C(=O)NC(C)C2CC2)=C1NC(=O)c1cc(CN)nn1C1NC=CC=C1Cl. The van der Waals surface area contributed by atoms with E-state index in [0.29, 0.717) is 33.5 Å². The smallest absolute Gasteiger partial charge is 0.274 e. The summed E-state index contributed by atoms with van der Waals surface area (Å²) in [6, 6.07) is 3.86. The van der Waals surface area contributed by atoms with E-state index in [0.717, 1.165) is 12.8 Å². The quantitative estimate of drug-likeness (QED) is 0.472. The van der Waals surface area contributed by atoms with Gasteiger partial charge in [-0.05, 0) is 69.0 Å². The topological polar surface area (TPSA) is 138 Å². The first-order valence-corrected chi connectivity index (χ1v) is 11.7. The maximum absolute atomic E-state index is 13.4. The molecule has 10 heteroatoms. The van der Waals surface area contributed by atoms with E-state index in [-0.39, 0.29) is 30.6 Å². The zero-order valence-corrected chi connectivity index (χ0v) is 19.9. The van der Waals surface area contributed by atoms with Crippen LogP contribution in [0, 0.1) is 23.2 Å². The Balaban J connectivity index is 1.65. The van der Waals surface area contributed by atoms with Crippen molar-refractivity contribution in [2.24, 2.45) is 17.6 Å². The first-order valence-electron chi connectivity index (χ1n) is 11.3. The van der Waals surface area contributed by atoms with Crippen molar-refractivity contribution in [1.29, 1.82) is 5.26 Å². The lowest BCUT2D eigenvalue weighted by Crippen LogP contribution is -2.39. The molecule has 178 valence electrons. The van der Waals surface area contributed by atoms with Crippen molar-refractivity contribution in [2.45, 2.75) is 51.9 Å². The molecule has 3 unspecified atom stereocenters. The molecule has 0 saturated heterocycles. The van der Waals surface area contributed by atoms with Gasteiger partial charge in [0.15, 0.2) is 6.17 Å². The van der Waals surface area contributed by atoms with E-state index in [1.807, 2.05) is 6.92 Å². The Morgan fingerprint density at radius 3 is 2.82 bits per heavy atom. The molecule has 2 heterocycles. The lowest BCUT2D eigenvalue weighted by Gasteiger charge is -2.25. The monoisotopic (exact) mass is 481 g/mol. The molecule has 1 aromatic heterocycles. The van der Waals surface area contributed by atoms with Crippen molar-refractivity contribution in [2.75, 3.05) is 0 Å². The van der Waals surface area contributed by atoms with Crippen molar-refractivity contribution in [3.8, 4) is 6.07 Å². The van der Waals surface area contributed by atoms with Crippen LogP contribution >= 0.6 is 11.6 Å². The van der Waals surface area contributed by atoms with E-state index >= 15 is 0 Å². The number of aromatic nitrogens is 2. The number of hydrogen-bond acceptors (Lipinski definition) is 6. The molecule has 5 N–H and O–H groups in total. The second-order valence-electron chi connectivity index (χ2n) is 8.85. The van der Waals surface area contributed by atoms with Crippen LogP contribution in [0.3, 0.4) is 0 Å². The van der Waals surface area contributed by atoms with Crippen LogP contribution in [0.1, 0.15) is 55.5 Å². The minimum atomic E-state index is -0.560. The van der Waals surface area contributed by atoms with Gasteiger partial charge in [0.05, 0.1) is 28.4 Å². The van der Waals surface area contributed by atoms with E-state index in [4.69, 9.17) is 17.3 Å². The van der Waals surface area contributed by atoms with Crippen LogP contribution < -0.4 is 21.7 Å². The zero-order chi connectivity index (χ0) is 24.4. The number of carbonyl (C=O) groups excluding carboxylic acids is 2. The van der Waals surface area contributed by atoms with Gasteiger partial charge in [0.2, 0.25) is 5.91 Å². The number of nitrogens with two attached hydrogens (primary N) is 1. The van der Waals surface area contributed by atoms with Gasteiger partial charge in [-0.15, -0.1) is 0 Å². The summed E-state index contributed by atoms with van der Waals surface area (Å²) in [5.41, 5.74) is 8.02. The Morgan fingerprint density at radius 2 is 2.18 bits per heavy atom. The summed E-state index contributed by atoms with van der Waals surface area (Å²) in [4.78, 5) is 26.6. The van der Waals surface area contributed by atoms with Crippen LogP contribution in [0.4, 0.5) is 0 Å². The van der Waals surface area contributed by atoms with E-state index < -0.39 is 18.0 Å². The number of nitriles is 1. The molecule has 0 spiro atoms. The lowest BCUT2D eigenvalue weighted by molar-refractivity contribution is -0.118. The number of nitrogens with zero attached hydrogens (tertiary/aromatic N) is 3. The molecule has 0 aromatic carbocycles. The van der Waals surface area contributed by atoms with E-state index in [1.54, 1.807) is 37.4 Å². The van der Waals surface area contributed by atoms with E-state index in [9.17, 15) is 14.9 Å². The number of amides is 2. The Bertz CT molecular complexity index is 1170. The Labute approximate surface area is 203 Å². The number of hydrogen-bond donors (Lipinski definition) is 4. The summed E-state index contributed by atoms with van der Waals surface area (Å²) in [6.45, 7) is 3.92. The van der Waals surface area contributed by atoms with Crippen LogP contribution in [0.2, 0.25) is 0 Å². The highest BCUT2D eigenvalue weighted by molar-refractivity contribution is 6.30. The summed E-state index contributed by atoms with van der Waals surface area (Å²) < 4.78 is 1.48. The third kappa shape index (κ3) is 4.93. The molecular formula is C24H28ClN7O2. The molecule has 4 rings (SSSR count). The van der Waals surface area contributed by atoms with Crippen molar-refractivity contribution in [3.05, 3.63) is 63.8 Å². The predicted octanol–water partition coefficient (Wildman–Crippen LogP) is 2.47. The standard InChI is InChI=1S/C24H28ClN7O2/c1-13-8-15(11-26)9-18(23(33)29-14(2)16-5-6-16)21(13)30-24(34)20-10-17(12-27)31-32(20)22-19(25)4-3-7-28-22/h3-4,7-8,10,14-16,22,28H,5-6,9,12,27H2,1-2H3,(H,29,33)(H,30,34). The maximum Gasteiger partial charge on any atom is 0.274 e. The van der Waals surface area contributed by atoms with Crippen molar-refractivity contribution in [1.82, 2.24) is 25.7 Å². The van der Waals surface area contributed by atoms with E-state index in [1.165, 1.54) is 4.68 Å². The third-order valence-corrected chi connectivity index (χ3v) is 6.61. The molecular weight excluding hydrogens is 454 g/mol. The van der Waals surface area contributed by atoms with Gasteiger partial charge in [-0.3, -0.25) is 9.59 Å². The zero-order valence-electron chi connectivity index (χ0n) is 19.1. The fourth-order valence-corrected chi connectivity index (χ4v) is 4.44. The van der Waals surface area contributed by atoms with Crippen LogP contribution in [0.25, 0.3) is 0 Å². The molecule has 1 fully saturated rings. The molecule has 0 radical (unpaired) electrons. The highest BCUT2D eigenvalue weighted by atomic mass is 35.5. The molecule has 1 aliphatic heterocycles. The first-order chi connectivity index (χ1) is 16.3. The summed E-state index contributed by atoms with van der Waals surface area (Å²) in [6.07, 6.45) is 8.81. The fraction of sp³-hybridized carbons (Fsp3) is 0.417. The third-order valence-electron chi connectivity index (χ3n) is 6.28. The van der Waals surface area contributed by atoms with Crippen molar-refractivity contribution >= 4 is 23.4 Å². The second kappa shape index (κ2) is 9.87.